The molecule has 0 unspecified atom stereocenters. The maximum atomic E-state index is 12.4. The van der Waals surface area contributed by atoms with E-state index in [1.165, 1.54) is 0 Å². The molecule has 3 rings (SSSR count). The fourth-order valence-electron chi connectivity index (χ4n) is 2.77. The van der Waals surface area contributed by atoms with Crippen molar-refractivity contribution in [2.45, 2.75) is 25.8 Å². The van der Waals surface area contributed by atoms with Gasteiger partial charge in [-0.3, -0.25) is 0 Å². The number of nitrogens with one attached hydrogen (secondary N) is 1. The van der Waals surface area contributed by atoms with E-state index >= 15 is 0 Å². The molecule has 1 saturated heterocycles. The van der Waals surface area contributed by atoms with Gasteiger partial charge < -0.3 is 19.5 Å². The summed E-state index contributed by atoms with van der Waals surface area (Å²) in [5.41, 5.74) is 1.56. The number of anilines is 1. The standard InChI is InChI=1S/C16H20N4O3/c1-11-17-15(23-19-11)12-5-7-13(8-6-12)18-16(21)20-9-3-4-14(20)10-22-2/h5-8,14H,3-4,9-10H2,1-2H3,(H,18,21)/t14-/m0/s1. The molecule has 0 spiro atoms. The average Bonchev–Trinajstić information content (AvgIpc) is 3.17. The largest absolute Gasteiger partial charge is 0.383 e. The van der Waals surface area contributed by atoms with Gasteiger partial charge in [0.05, 0.1) is 12.6 Å². The predicted molar refractivity (Wildman–Crippen MR) is 85.1 cm³/mol. The van der Waals surface area contributed by atoms with Crippen molar-refractivity contribution in [1.82, 2.24) is 15.0 Å². The van der Waals surface area contributed by atoms with E-state index in [1.54, 1.807) is 14.0 Å². The van der Waals surface area contributed by atoms with Gasteiger partial charge in [-0.25, -0.2) is 4.79 Å². The van der Waals surface area contributed by atoms with E-state index in [-0.39, 0.29) is 12.1 Å². The van der Waals surface area contributed by atoms with Crippen LogP contribution >= 0.6 is 0 Å². The van der Waals surface area contributed by atoms with Crippen LogP contribution in [0.1, 0.15) is 18.7 Å². The van der Waals surface area contributed by atoms with Gasteiger partial charge in [0.2, 0.25) is 0 Å². The summed E-state index contributed by atoms with van der Waals surface area (Å²) in [6.45, 7) is 3.11. The van der Waals surface area contributed by atoms with E-state index in [1.807, 2.05) is 29.2 Å². The Kier molecular flexibility index (Phi) is 4.57. The Morgan fingerprint density at radius 2 is 2.22 bits per heavy atom. The fraction of sp³-hybridized carbons (Fsp3) is 0.438. The molecule has 2 amide bonds. The second-order valence-corrected chi connectivity index (χ2v) is 5.60. The lowest BCUT2D eigenvalue weighted by Gasteiger charge is -2.24. The Morgan fingerprint density at radius 3 is 2.87 bits per heavy atom. The number of likely N-dealkylation sites (tertiary alicyclic amines) is 1. The second-order valence-electron chi connectivity index (χ2n) is 5.60. The lowest BCUT2D eigenvalue weighted by atomic mass is 10.2. The molecule has 0 aliphatic carbocycles. The van der Waals surface area contributed by atoms with E-state index in [9.17, 15) is 4.79 Å². The molecule has 1 aromatic carbocycles. The maximum absolute atomic E-state index is 12.4. The van der Waals surface area contributed by atoms with Crippen molar-refractivity contribution in [2.24, 2.45) is 0 Å². The van der Waals surface area contributed by atoms with Crippen molar-refractivity contribution < 1.29 is 14.1 Å². The monoisotopic (exact) mass is 316 g/mol. The Balaban J connectivity index is 1.65. The zero-order valence-electron chi connectivity index (χ0n) is 13.3. The SMILES string of the molecule is COC[C@@H]1CCCN1C(=O)Nc1ccc(-c2nc(C)no2)cc1. The molecule has 7 heteroatoms. The third-order valence-electron chi connectivity index (χ3n) is 3.91. The Bertz CT molecular complexity index is 668. The minimum Gasteiger partial charge on any atom is -0.383 e. The highest BCUT2D eigenvalue weighted by atomic mass is 16.5. The number of aryl methyl sites for hydroxylation is 1. The van der Waals surface area contributed by atoms with Crippen LogP contribution in [0.2, 0.25) is 0 Å². The molecule has 7 nitrogen and oxygen atoms in total. The van der Waals surface area contributed by atoms with E-state index < -0.39 is 0 Å². The molecule has 1 fully saturated rings. The second kappa shape index (κ2) is 6.78. The molecule has 0 bridgehead atoms. The lowest BCUT2D eigenvalue weighted by Crippen LogP contribution is -2.40. The molecule has 1 aliphatic heterocycles. The van der Waals surface area contributed by atoms with Crippen LogP contribution in [0.5, 0.6) is 0 Å². The molecule has 0 saturated carbocycles. The van der Waals surface area contributed by atoms with Crippen molar-refractivity contribution in [3.63, 3.8) is 0 Å². The Morgan fingerprint density at radius 1 is 1.43 bits per heavy atom. The number of ether oxygens (including phenoxy) is 1. The summed E-state index contributed by atoms with van der Waals surface area (Å²) >= 11 is 0. The van der Waals surface area contributed by atoms with Crippen LogP contribution in [0.3, 0.4) is 0 Å². The normalized spacial score (nSPS) is 17.5. The molecule has 122 valence electrons. The number of rotatable bonds is 4. The van der Waals surface area contributed by atoms with Crippen LogP contribution in [-0.2, 0) is 4.74 Å². The fourth-order valence-corrected chi connectivity index (χ4v) is 2.77. The maximum Gasteiger partial charge on any atom is 0.322 e. The minimum atomic E-state index is -0.0917. The molecule has 1 aromatic heterocycles. The summed E-state index contributed by atoms with van der Waals surface area (Å²) in [6.07, 6.45) is 1.99. The van der Waals surface area contributed by atoms with Gasteiger partial charge in [-0.1, -0.05) is 5.16 Å². The number of urea groups is 1. The highest BCUT2D eigenvalue weighted by Gasteiger charge is 2.28. The van der Waals surface area contributed by atoms with Gasteiger partial charge in [-0.05, 0) is 44.0 Å². The number of benzene rings is 1. The predicted octanol–water partition coefficient (Wildman–Crippen LogP) is 2.69. The minimum absolute atomic E-state index is 0.0917. The van der Waals surface area contributed by atoms with Crippen LogP contribution in [0.4, 0.5) is 10.5 Å². The van der Waals surface area contributed by atoms with E-state index in [2.05, 4.69) is 15.5 Å². The average molecular weight is 316 g/mol. The molecule has 23 heavy (non-hydrogen) atoms. The number of carbonyl (C=O) groups excluding carboxylic acids is 1. The first-order chi connectivity index (χ1) is 11.2. The van der Waals surface area contributed by atoms with Gasteiger partial charge in [0.1, 0.15) is 0 Å². The molecule has 1 N–H and O–H groups in total. The topological polar surface area (TPSA) is 80.5 Å². The highest BCUT2D eigenvalue weighted by molar-refractivity contribution is 5.90. The first kappa shape index (κ1) is 15.5. The van der Waals surface area contributed by atoms with Crippen molar-refractivity contribution in [1.29, 1.82) is 0 Å². The van der Waals surface area contributed by atoms with Crippen LogP contribution in [0.15, 0.2) is 28.8 Å². The van der Waals surface area contributed by atoms with Crippen molar-refractivity contribution in [2.75, 3.05) is 25.6 Å². The summed E-state index contributed by atoms with van der Waals surface area (Å²) in [7, 11) is 1.66. The summed E-state index contributed by atoms with van der Waals surface area (Å²) in [5, 5.41) is 6.69. The van der Waals surface area contributed by atoms with Gasteiger partial charge in [0.15, 0.2) is 5.82 Å². The van der Waals surface area contributed by atoms with Crippen molar-refractivity contribution >= 4 is 11.7 Å². The summed E-state index contributed by atoms with van der Waals surface area (Å²) in [5.74, 6) is 1.07. The molecular formula is C16H20N4O3. The number of amides is 2. The summed E-state index contributed by atoms with van der Waals surface area (Å²) < 4.78 is 10.3. The first-order valence-electron chi connectivity index (χ1n) is 7.64. The Labute approximate surface area is 134 Å². The molecule has 1 atom stereocenters. The third-order valence-corrected chi connectivity index (χ3v) is 3.91. The molecule has 2 aromatic rings. The van der Waals surface area contributed by atoms with Gasteiger partial charge >= 0.3 is 6.03 Å². The number of carbonyl (C=O) groups is 1. The van der Waals surface area contributed by atoms with Crippen LogP contribution in [0, 0.1) is 6.92 Å². The zero-order chi connectivity index (χ0) is 16.2. The first-order valence-corrected chi connectivity index (χ1v) is 7.64. The van der Waals surface area contributed by atoms with Crippen LogP contribution in [-0.4, -0.2) is 47.4 Å². The van der Waals surface area contributed by atoms with Crippen LogP contribution in [0.25, 0.3) is 11.5 Å². The van der Waals surface area contributed by atoms with Crippen LogP contribution < -0.4 is 5.32 Å². The van der Waals surface area contributed by atoms with Crippen molar-refractivity contribution in [3.8, 4) is 11.5 Å². The lowest BCUT2D eigenvalue weighted by molar-refractivity contribution is 0.128. The highest BCUT2D eigenvalue weighted by Crippen LogP contribution is 2.22. The van der Waals surface area contributed by atoms with E-state index in [0.29, 0.717) is 18.3 Å². The van der Waals surface area contributed by atoms with E-state index in [0.717, 1.165) is 30.6 Å². The zero-order valence-corrected chi connectivity index (χ0v) is 13.3. The van der Waals surface area contributed by atoms with E-state index in [4.69, 9.17) is 9.26 Å². The van der Waals surface area contributed by atoms with Gasteiger partial charge in [0.25, 0.3) is 5.89 Å². The van der Waals surface area contributed by atoms with Gasteiger partial charge in [0, 0.05) is 24.9 Å². The number of methoxy groups -OCH3 is 1. The molecular weight excluding hydrogens is 296 g/mol. The third kappa shape index (κ3) is 3.50. The number of nitrogens with zero attached hydrogens (tertiary/aromatic N) is 3. The van der Waals surface area contributed by atoms with Gasteiger partial charge in [-0.2, -0.15) is 4.98 Å². The number of hydrogen-bond acceptors (Lipinski definition) is 5. The molecule has 0 radical (unpaired) electrons. The number of aromatic nitrogens is 2. The number of hydrogen-bond donors (Lipinski definition) is 1. The van der Waals surface area contributed by atoms with Crippen molar-refractivity contribution in [3.05, 3.63) is 30.1 Å². The van der Waals surface area contributed by atoms with Gasteiger partial charge in [-0.15, -0.1) is 0 Å². The molecule has 1 aliphatic rings. The Hall–Kier alpha value is -2.41. The quantitative estimate of drug-likeness (QED) is 0.938. The smallest absolute Gasteiger partial charge is 0.322 e. The summed E-state index contributed by atoms with van der Waals surface area (Å²) in [4.78, 5) is 18.4. The summed E-state index contributed by atoms with van der Waals surface area (Å²) in [6, 6.07) is 7.41. The molecule has 2 heterocycles.